The quantitative estimate of drug-likeness (QED) is 0.555. The minimum atomic E-state index is -1.25. The molecule has 1 rings (SSSR count). The highest BCUT2D eigenvalue weighted by Crippen LogP contribution is 2.11. The van der Waals surface area contributed by atoms with Gasteiger partial charge in [0.05, 0.1) is 28.8 Å². The fraction of sp³-hybridized carbons (Fsp3) is 0.286. The third-order valence-electron chi connectivity index (χ3n) is 1.79. The summed E-state index contributed by atoms with van der Waals surface area (Å²) in [5, 5.41) is 29.5. The Kier molecular flexibility index (Phi) is 3.30. The smallest absolute Gasteiger partial charge is 0.339 e. The average Bonchev–Trinajstić information content (AvgIpc) is 2.19. The molecule has 0 unspecified atom stereocenters. The highest BCUT2D eigenvalue weighted by molar-refractivity contribution is 5.39. The van der Waals surface area contributed by atoms with Crippen molar-refractivity contribution in [3.8, 4) is 0 Å². The zero-order chi connectivity index (χ0) is 12.3. The van der Waals surface area contributed by atoms with Crippen LogP contribution in [0, 0.1) is 20.2 Å². The van der Waals surface area contributed by atoms with Crippen molar-refractivity contribution < 1.29 is 15.0 Å². The van der Waals surface area contributed by atoms with Crippen LogP contribution in [0.3, 0.4) is 0 Å². The minimum absolute atomic E-state index is 0.0675. The van der Waals surface area contributed by atoms with Crippen molar-refractivity contribution in [3.05, 3.63) is 42.8 Å². The van der Waals surface area contributed by atoms with Gasteiger partial charge in [-0.3, -0.25) is 25.0 Å². The molecule has 0 fully saturated rings. The molecular formula is C7H7N3O6. The van der Waals surface area contributed by atoms with Crippen LogP contribution in [0.5, 0.6) is 0 Å². The molecule has 0 bridgehead atoms. The third kappa shape index (κ3) is 2.20. The van der Waals surface area contributed by atoms with Gasteiger partial charge in [-0.05, 0) is 0 Å². The summed E-state index contributed by atoms with van der Waals surface area (Å²) in [7, 11) is 0. The molecule has 86 valence electrons. The van der Waals surface area contributed by atoms with Gasteiger partial charge in [0.25, 0.3) is 0 Å². The molecule has 0 aliphatic carbocycles. The number of aromatic nitrogens is 1. The number of aliphatic hydroxyl groups excluding tert-OH is 1. The normalized spacial score (nSPS) is 10.1. The summed E-state index contributed by atoms with van der Waals surface area (Å²) in [6, 6.07) is 0. The first-order valence-electron chi connectivity index (χ1n) is 4.11. The lowest BCUT2D eigenvalue weighted by molar-refractivity contribution is -0.397. The van der Waals surface area contributed by atoms with Gasteiger partial charge in [0.15, 0.2) is 0 Å². The maximum atomic E-state index is 11.2. The molecule has 1 aromatic rings. The summed E-state index contributed by atoms with van der Waals surface area (Å²) >= 11 is 0. The first-order valence-corrected chi connectivity index (χ1v) is 4.11. The van der Waals surface area contributed by atoms with E-state index in [1.807, 2.05) is 0 Å². The van der Waals surface area contributed by atoms with Crippen LogP contribution in [0.4, 0.5) is 11.4 Å². The molecule has 9 nitrogen and oxygen atoms in total. The predicted octanol–water partition coefficient (Wildman–Crippen LogP) is -0.343. The molecule has 1 aromatic heterocycles. The van der Waals surface area contributed by atoms with Crippen LogP contribution in [0.2, 0.25) is 0 Å². The van der Waals surface area contributed by atoms with Gasteiger partial charge in [0.2, 0.25) is 0 Å². The van der Waals surface area contributed by atoms with Crippen molar-refractivity contribution in [1.29, 1.82) is 0 Å². The standard InChI is InChI=1S/C7H7N3O6/c11-2-1-8-3-5(9(13)14)7(12)6(4-8)10(15)16/h3-4,11H,1-2H2. The van der Waals surface area contributed by atoms with E-state index < -0.39 is 26.7 Å². The average molecular weight is 229 g/mol. The zero-order valence-corrected chi connectivity index (χ0v) is 7.90. The molecule has 16 heavy (non-hydrogen) atoms. The maximum Gasteiger partial charge on any atom is 0.339 e. The predicted molar refractivity (Wildman–Crippen MR) is 51.1 cm³/mol. The van der Waals surface area contributed by atoms with Gasteiger partial charge in [0.1, 0.15) is 0 Å². The summed E-state index contributed by atoms with van der Waals surface area (Å²) in [5.74, 6) is 0. The molecule has 0 saturated carbocycles. The summed E-state index contributed by atoms with van der Waals surface area (Å²) in [5.41, 5.74) is -3.02. The van der Waals surface area contributed by atoms with Crippen LogP contribution in [0.15, 0.2) is 17.2 Å². The number of hydrogen-bond acceptors (Lipinski definition) is 6. The number of nitrogens with zero attached hydrogens (tertiary/aromatic N) is 3. The molecule has 0 radical (unpaired) electrons. The first kappa shape index (κ1) is 11.8. The Morgan fingerprint density at radius 1 is 1.19 bits per heavy atom. The van der Waals surface area contributed by atoms with E-state index >= 15 is 0 Å². The number of pyridine rings is 1. The van der Waals surface area contributed by atoms with Gasteiger partial charge in [-0.15, -0.1) is 0 Å². The second kappa shape index (κ2) is 4.49. The number of hydrogen-bond donors (Lipinski definition) is 1. The van der Waals surface area contributed by atoms with E-state index in [1.54, 1.807) is 0 Å². The lowest BCUT2D eigenvalue weighted by Crippen LogP contribution is -2.16. The highest BCUT2D eigenvalue weighted by Gasteiger charge is 2.24. The molecule has 1 heterocycles. The van der Waals surface area contributed by atoms with E-state index in [1.165, 1.54) is 0 Å². The van der Waals surface area contributed by atoms with E-state index in [4.69, 9.17) is 5.11 Å². The maximum absolute atomic E-state index is 11.2. The van der Waals surface area contributed by atoms with Gasteiger partial charge in [0, 0.05) is 6.54 Å². The number of nitro groups is 2. The Bertz CT molecular complexity index is 455. The Morgan fingerprint density at radius 3 is 1.94 bits per heavy atom. The fourth-order valence-corrected chi connectivity index (χ4v) is 1.10. The van der Waals surface area contributed by atoms with E-state index in [-0.39, 0.29) is 13.2 Å². The molecule has 0 amide bonds. The lowest BCUT2D eigenvalue weighted by atomic mass is 10.3. The minimum Gasteiger partial charge on any atom is -0.395 e. The Morgan fingerprint density at radius 2 is 1.62 bits per heavy atom. The van der Waals surface area contributed by atoms with Crippen molar-refractivity contribution in [3.63, 3.8) is 0 Å². The zero-order valence-electron chi connectivity index (χ0n) is 7.90. The van der Waals surface area contributed by atoms with Crippen LogP contribution in [0.1, 0.15) is 0 Å². The monoisotopic (exact) mass is 229 g/mol. The molecule has 9 heteroatoms. The van der Waals surface area contributed by atoms with Crippen LogP contribution >= 0.6 is 0 Å². The molecular weight excluding hydrogens is 222 g/mol. The van der Waals surface area contributed by atoms with Crippen molar-refractivity contribution in [2.24, 2.45) is 0 Å². The van der Waals surface area contributed by atoms with Crippen LogP contribution < -0.4 is 5.43 Å². The summed E-state index contributed by atoms with van der Waals surface area (Å²) < 4.78 is 1.03. The molecule has 0 saturated heterocycles. The van der Waals surface area contributed by atoms with Crippen molar-refractivity contribution in [2.45, 2.75) is 6.54 Å². The first-order chi connectivity index (χ1) is 7.47. The van der Waals surface area contributed by atoms with Gasteiger partial charge < -0.3 is 9.67 Å². The Balaban J connectivity index is 3.45. The molecule has 0 spiro atoms. The molecule has 0 atom stereocenters. The fourth-order valence-electron chi connectivity index (χ4n) is 1.10. The Labute approximate surface area is 87.9 Å². The third-order valence-corrected chi connectivity index (χ3v) is 1.79. The second-order valence-electron chi connectivity index (χ2n) is 2.83. The largest absolute Gasteiger partial charge is 0.395 e. The van der Waals surface area contributed by atoms with Gasteiger partial charge in [-0.2, -0.15) is 0 Å². The van der Waals surface area contributed by atoms with Crippen LogP contribution in [-0.2, 0) is 6.54 Å². The molecule has 0 aromatic carbocycles. The van der Waals surface area contributed by atoms with Gasteiger partial charge >= 0.3 is 16.8 Å². The van der Waals surface area contributed by atoms with Gasteiger partial charge in [-0.1, -0.05) is 0 Å². The van der Waals surface area contributed by atoms with Crippen molar-refractivity contribution >= 4 is 11.4 Å². The summed E-state index contributed by atoms with van der Waals surface area (Å²) in [6.45, 7) is -0.418. The molecule has 0 aliphatic heterocycles. The van der Waals surface area contributed by atoms with Crippen molar-refractivity contribution in [1.82, 2.24) is 4.57 Å². The topological polar surface area (TPSA) is 129 Å². The lowest BCUT2D eigenvalue weighted by Gasteiger charge is -2.02. The molecule has 1 N–H and O–H groups in total. The summed E-state index contributed by atoms with van der Waals surface area (Å²) in [4.78, 5) is 30.2. The number of rotatable bonds is 4. The molecule has 0 aliphatic rings. The van der Waals surface area contributed by atoms with E-state index in [0.29, 0.717) is 0 Å². The Hall–Kier alpha value is -2.29. The van der Waals surface area contributed by atoms with Crippen molar-refractivity contribution in [2.75, 3.05) is 6.61 Å². The van der Waals surface area contributed by atoms with Crippen LogP contribution in [0.25, 0.3) is 0 Å². The van der Waals surface area contributed by atoms with Gasteiger partial charge in [-0.25, -0.2) is 0 Å². The van der Waals surface area contributed by atoms with Crippen LogP contribution in [-0.4, -0.2) is 26.1 Å². The highest BCUT2D eigenvalue weighted by atomic mass is 16.6. The SMILES string of the molecule is O=c1c([N+](=O)[O-])cn(CCO)cc1[N+](=O)[O-]. The summed E-state index contributed by atoms with van der Waals surface area (Å²) in [6.07, 6.45) is 1.71. The van der Waals surface area contributed by atoms with E-state index in [2.05, 4.69) is 0 Å². The number of aliphatic hydroxyl groups is 1. The van der Waals surface area contributed by atoms with E-state index in [9.17, 15) is 25.0 Å². The van der Waals surface area contributed by atoms with E-state index in [0.717, 1.165) is 17.0 Å². The second-order valence-corrected chi connectivity index (χ2v) is 2.83.